The van der Waals surface area contributed by atoms with Gasteiger partial charge in [-0.25, -0.2) is 0 Å². The minimum atomic E-state index is 0.634. The van der Waals surface area contributed by atoms with Crippen LogP contribution in [0.2, 0.25) is 0 Å². The van der Waals surface area contributed by atoms with Crippen molar-refractivity contribution in [3.8, 4) is 11.5 Å². The summed E-state index contributed by atoms with van der Waals surface area (Å²) in [5.41, 5.74) is 7.89. The number of hydrogen-bond acceptors (Lipinski definition) is 5. The minimum absolute atomic E-state index is 0.634. The molecule has 0 N–H and O–H groups in total. The summed E-state index contributed by atoms with van der Waals surface area (Å²) in [4.78, 5) is 4.47. The van der Waals surface area contributed by atoms with Crippen LogP contribution < -0.4 is 19.3 Å². The summed E-state index contributed by atoms with van der Waals surface area (Å²) >= 11 is 0. The van der Waals surface area contributed by atoms with Crippen LogP contribution >= 0.6 is 0 Å². The summed E-state index contributed by atoms with van der Waals surface area (Å²) < 4.78 is 18.0. The maximum Gasteiger partial charge on any atom is 0.137 e. The first-order valence-corrected chi connectivity index (χ1v) is 15.3. The van der Waals surface area contributed by atoms with E-state index in [2.05, 4.69) is 119 Å². The fraction of sp³-hybridized carbons (Fsp3) is 0.100. The highest BCUT2D eigenvalue weighted by Gasteiger charge is 2.18. The van der Waals surface area contributed by atoms with Crippen molar-refractivity contribution in [2.45, 2.75) is 13.8 Å². The van der Waals surface area contributed by atoms with Crippen LogP contribution in [0.25, 0.3) is 21.9 Å². The zero-order valence-corrected chi connectivity index (χ0v) is 25.4. The van der Waals surface area contributed by atoms with Crippen molar-refractivity contribution in [2.24, 2.45) is 0 Å². The lowest BCUT2D eigenvalue weighted by atomic mass is 10.1. The molecule has 7 rings (SSSR count). The summed E-state index contributed by atoms with van der Waals surface area (Å²) in [6, 6.07) is 50.0. The van der Waals surface area contributed by atoms with Crippen LogP contribution in [0.3, 0.4) is 0 Å². The fourth-order valence-corrected chi connectivity index (χ4v) is 5.80. The molecule has 1 heterocycles. The fourth-order valence-electron chi connectivity index (χ4n) is 5.80. The molecule has 0 radical (unpaired) electrons. The van der Waals surface area contributed by atoms with Gasteiger partial charge in [0.1, 0.15) is 22.7 Å². The zero-order chi connectivity index (χ0) is 30.6. The highest BCUT2D eigenvalue weighted by Crippen LogP contribution is 2.41. The van der Waals surface area contributed by atoms with E-state index < -0.39 is 0 Å². The molecule has 0 aliphatic rings. The first-order valence-electron chi connectivity index (χ1n) is 15.3. The summed E-state index contributed by atoms with van der Waals surface area (Å²) in [5.74, 6) is 1.71. The number of fused-ring (bicyclic) bond motifs is 3. The zero-order valence-electron chi connectivity index (χ0n) is 25.4. The maximum atomic E-state index is 6.59. The maximum absolute atomic E-state index is 6.59. The molecule has 5 nitrogen and oxygen atoms in total. The first-order chi connectivity index (χ1) is 22.2. The molecule has 5 heteroatoms. The lowest BCUT2D eigenvalue weighted by Gasteiger charge is -2.25. The van der Waals surface area contributed by atoms with Gasteiger partial charge in [-0.1, -0.05) is 36.4 Å². The molecule has 6 aromatic carbocycles. The van der Waals surface area contributed by atoms with Gasteiger partial charge in [-0.2, -0.15) is 0 Å². The highest BCUT2D eigenvalue weighted by atomic mass is 16.5. The quantitative estimate of drug-likeness (QED) is 0.158. The van der Waals surface area contributed by atoms with Crippen molar-refractivity contribution in [2.75, 3.05) is 23.0 Å². The molecule has 0 saturated carbocycles. The van der Waals surface area contributed by atoms with E-state index in [1.165, 1.54) is 0 Å². The Bertz CT molecular complexity index is 1870. The van der Waals surface area contributed by atoms with Gasteiger partial charge in [0.2, 0.25) is 0 Å². The lowest BCUT2D eigenvalue weighted by molar-refractivity contribution is 0.340. The van der Waals surface area contributed by atoms with Gasteiger partial charge in [0.15, 0.2) is 0 Å². The molecular formula is C40H34N2O3. The van der Waals surface area contributed by atoms with E-state index in [1.807, 2.05) is 50.2 Å². The standard InChI is InChI=1S/C40H34N2O3/c1-3-43-35-21-15-31(16-22-35)41(29-11-7-5-8-12-29)33-19-25-37-38-26-20-34(28-40(38)45-39(37)27-33)42(30-13-9-6-10-14-30)32-17-23-36(24-18-32)44-4-2/h5-28H,3-4H2,1-2H3. The number of anilines is 6. The molecule has 0 unspecified atom stereocenters. The molecule has 0 bridgehead atoms. The molecule has 0 saturated heterocycles. The Morgan fingerprint density at radius 3 is 1.16 bits per heavy atom. The van der Waals surface area contributed by atoms with Gasteiger partial charge in [-0.15, -0.1) is 0 Å². The molecule has 0 atom stereocenters. The second kappa shape index (κ2) is 12.5. The van der Waals surface area contributed by atoms with E-state index in [0.717, 1.165) is 67.6 Å². The Kier molecular flexibility index (Phi) is 7.81. The number of nitrogens with zero attached hydrogens (tertiary/aromatic N) is 2. The van der Waals surface area contributed by atoms with Gasteiger partial charge < -0.3 is 23.7 Å². The van der Waals surface area contributed by atoms with Crippen LogP contribution in [0.1, 0.15) is 13.8 Å². The van der Waals surface area contributed by atoms with Crippen LogP contribution in [0.4, 0.5) is 34.1 Å². The molecule has 1 aromatic heterocycles. The van der Waals surface area contributed by atoms with Crippen molar-refractivity contribution in [1.82, 2.24) is 0 Å². The molecule has 0 aliphatic heterocycles. The Labute approximate surface area is 263 Å². The summed E-state index contributed by atoms with van der Waals surface area (Å²) in [6.07, 6.45) is 0. The number of benzene rings is 6. The van der Waals surface area contributed by atoms with Crippen molar-refractivity contribution >= 4 is 56.1 Å². The van der Waals surface area contributed by atoms with Gasteiger partial charge >= 0.3 is 0 Å². The van der Waals surface area contributed by atoms with E-state index >= 15 is 0 Å². The number of rotatable bonds is 10. The second-order valence-electron chi connectivity index (χ2n) is 10.7. The van der Waals surface area contributed by atoms with E-state index in [1.54, 1.807) is 0 Å². The molecule has 0 fully saturated rings. The third-order valence-electron chi connectivity index (χ3n) is 7.80. The van der Waals surface area contributed by atoms with Crippen molar-refractivity contribution < 1.29 is 13.9 Å². The SMILES string of the molecule is CCOc1ccc(N(c2ccccc2)c2ccc3c(c2)oc2cc(N(c4ccccc4)c4ccc(OCC)cc4)ccc23)cc1. The van der Waals surface area contributed by atoms with E-state index in [9.17, 15) is 0 Å². The van der Waals surface area contributed by atoms with E-state index in [4.69, 9.17) is 13.9 Å². The Morgan fingerprint density at radius 1 is 0.422 bits per heavy atom. The number of ether oxygens (including phenoxy) is 2. The van der Waals surface area contributed by atoms with Gasteiger partial charge in [0, 0.05) is 57.0 Å². The predicted octanol–water partition coefficient (Wildman–Crippen LogP) is 11.3. The molecule has 0 aliphatic carbocycles. The third-order valence-corrected chi connectivity index (χ3v) is 7.80. The van der Waals surface area contributed by atoms with Gasteiger partial charge in [-0.3, -0.25) is 0 Å². The molecule has 222 valence electrons. The van der Waals surface area contributed by atoms with Gasteiger partial charge in [0.05, 0.1) is 13.2 Å². The topological polar surface area (TPSA) is 38.1 Å². The summed E-state index contributed by atoms with van der Waals surface area (Å²) in [7, 11) is 0. The van der Waals surface area contributed by atoms with Crippen LogP contribution in [0, 0.1) is 0 Å². The Hall–Kier alpha value is -5.68. The Morgan fingerprint density at radius 2 is 0.778 bits per heavy atom. The van der Waals surface area contributed by atoms with Crippen LogP contribution in [-0.2, 0) is 0 Å². The lowest BCUT2D eigenvalue weighted by Crippen LogP contribution is -2.09. The normalized spacial score (nSPS) is 11.1. The summed E-state index contributed by atoms with van der Waals surface area (Å²) in [6.45, 7) is 5.26. The van der Waals surface area contributed by atoms with Crippen LogP contribution in [0.15, 0.2) is 150 Å². The van der Waals surface area contributed by atoms with Crippen molar-refractivity contribution in [3.05, 3.63) is 146 Å². The van der Waals surface area contributed by atoms with Crippen LogP contribution in [-0.4, -0.2) is 13.2 Å². The van der Waals surface area contributed by atoms with Crippen LogP contribution in [0.5, 0.6) is 11.5 Å². The summed E-state index contributed by atoms with van der Waals surface area (Å²) in [5, 5.41) is 2.15. The number of furan rings is 1. The van der Waals surface area contributed by atoms with E-state index in [-0.39, 0.29) is 0 Å². The minimum Gasteiger partial charge on any atom is -0.494 e. The average molecular weight is 591 g/mol. The van der Waals surface area contributed by atoms with E-state index in [0.29, 0.717) is 13.2 Å². The second-order valence-corrected chi connectivity index (χ2v) is 10.7. The third kappa shape index (κ3) is 5.68. The highest BCUT2D eigenvalue weighted by molar-refractivity contribution is 6.07. The average Bonchev–Trinajstić information content (AvgIpc) is 3.45. The number of para-hydroxylation sites is 2. The molecular weight excluding hydrogens is 556 g/mol. The smallest absolute Gasteiger partial charge is 0.137 e. The van der Waals surface area contributed by atoms with Gasteiger partial charge in [-0.05, 0) is 111 Å². The first kappa shape index (κ1) is 28.1. The van der Waals surface area contributed by atoms with Gasteiger partial charge in [0.25, 0.3) is 0 Å². The Balaban J connectivity index is 1.30. The molecule has 0 amide bonds. The predicted molar refractivity (Wildman–Crippen MR) is 185 cm³/mol. The largest absolute Gasteiger partial charge is 0.494 e. The molecule has 45 heavy (non-hydrogen) atoms. The molecule has 7 aromatic rings. The monoisotopic (exact) mass is 590 g/mol. The number of hydrogen-bond donors (Lipinski definition) is 0. The van der Waals surface area contributed by atoms with Crippen molar-refractivity contribution in [1.29, 1.82) is 0 Å². The molecule has 0 spiro atoms. The van der Waals surface area contributed by atoms with Crippen molar-refractivity contribution in [3.63, 3.8) is 0 Å².